The first kappa shape index (κ1) is 15.3. The van der Waals surface area contributed by atoms with Crippen LogP contribution in [0.5, 0.6) is 0 Å². The third-order valence-corrected chi connectivity index (χ3v) is 5.08. The molecular formula is C16H31NO2. The minimum atomic E-state index is -0.337. The minimum Gasteiger partial charge on any atom is -0.389 e. The average molecular weight is 269 g/mol. The zero-order chi connectivity index (χ0) is 13.8. The Hall–Kier alpha value is -0.120. The lowest BCUT2D eigenvalue weighted by Crippen LogP contribution is -2.48. The second-order valence-electron chi connectivity index (χ2n) is 6.76. The summed E-state index contributed by atoms with van der Waals surface area (Å²) in [7, 11) is 0. The molecule has 0 radical (unpaired) electrons. The van der Waals surface area contributed by atoms with Crippen LogP contribution in [0.4, 0.5) is 0 Å². The van der Waals surface area contributed by atoms with Crippen LogP contribution in [-0.2, 0) is 4.74 Å². The minimum absolute atomic E-state index is 0.337. The number of piperidine rings is 1. The third kappa shape index (κ3) is 4.17. The van der Waals surface area contributed by atoms with Crippen LogP contribution >= 0.6 is 0 Å². The Morgan fingerprint density at radius 1 is 1.05 bits per heavy atom. The number of nitrogens with zero attached hydrogens (tertiary/aromatic N) is 1. The van der Waals surface area contributed by atoms with Crippen molar-refractivity contribution in [3.63, 3.8) is 0 Å². The normalized spacial score (nSPS) is 38.5. The van der Waals surface area contributed by atoms with Gasteiger partial charge in [-0.15, -0.1) is 0 Å². The van der Waals surface area contributed by atoms with Crippen molar-refractivity contribution in [2.45, 2.75) is 83.6 Å². The topological polar surface area (TPSA) is 32.7 Å². The van der Waals surface area contributed by atoms with E-state index in [9.17, 15) is 5.11 Å². The highest BCUT2D eigenvalue weighted by atomic mass is 16.5. The summed E-state index contributed by atoms with van der Waals surface area (Å²) in [4.78, 5) is 2.45. The number of likely N-dealkylation sites (tertiary alicyclic amines) is 1. The van der Waals surface area contributed by atoms with E-state index in [-0.39, 0.29) is 6.10 Å². The van der Waals surface area contributed by atoms with Gasteiger partial charge in [0.25, 0.3) is 0 Å². The van der Waals surface area contributed by atoms with E-state index in [1.54, 1.807) is 0 Å². The van der Waals surface area contributed by atoms with Gasteiger partial charge >= 0.3 is 0 Å². The summed E-state index contributed by atoms with van der Waals surface area (Å²) in [5.74, 6) is 0.667. The molecule has 3 heteroatoms. The summed E-state index contributed by atoms with van der Waals surface area (Å²) in [6.07, 6.45) is 7.62. The van der Waals surface area contributed by atoms with Gasteiger partial charge in [-0.25, -0.2) is 0 Å². The lowest BCUT2D eigenvalue weighted by Gasteiger charge is -2.40. The molecule has 0 aromatic carbocycles. The highest BCUT2D eigenvalue weighted by Gasteiger charge is 2.28. The Morgan fingerprint density at radius 3 is 2.26 bits per heavy atom. The number of ether oxygens (including phenoxy) is 1. The van der Waals surface area contributed by atoms with Crippen molar-refractivity contribution in [1.29, 1.82) is 0 Å². The van der Waals surface area contributed by atoms with E-state index in [1.165, 1.54) is 38.5 Å². The van der Waals surface area contributed by atoms with Gasteiger partial charge in [0.2, 0.25) is 0 Å². The lowest BCUT2D eigenvalue weighted by atomic mass is 9.97. The molecule has 2 aliphatic rings. The molecule has 1 heterocycles. The molecule has 2 fully saturated rings. The predicted octanol–water partition coefficient (Wildman–Crippen LogP) is 2.82. The van der Waals surface area contributed by atoms with Crippen LogP contribution < -0.4 is 0 Å². The van der Waals surface area contributed by atoms with E-state index >= 15 is 0 Å². The molecule has 1 aliphatic heterocycles. The first-order valence-electron chi connectivity index (χ1n) is 8.13. The van der Waals surface area contributed by atoms with E-state index in [2.05, 4.69) is 25.7 Å². The van der Waals surface area contributed by atoms with Crippen LogP contribution in [0.25, 0.3) is 0 Å². The summed E-state index contributed by atoms with van der Waals surface area (Å²) in [5, 5.41) is 10.2. The molecule has 5 atom stereocenters. The molecule has 112 valence electrons. The number of hydrogen-bond donors (Lipinski definition) is 1. The second-order valence-corrected chi connectivity index (χ2v) is 6.76. The first-order valence-corrected chi connectivity index (χ1v) is 8.13. The summed E-state index contributed by atoms with van der Waals surface area (Å²) >= 11 is 0. The van der Waals surface area contributed by atoms with Gasteiger partial charge in [-0.3, -0.25) is 4.90 Å². The largest absolute Gasteiger partial charge is 0.389 e. The molecule has 1 N–H and O–H groups in total. The smallest absolute Gasteiger partial charge is 0.0900 e. The molecule has 0 bridgehead atoms. The van der Waals surface area contributed by atoms with Crippen molar-refractivity contribution in [2.75, 3.05) is 13.2 Å². The Labute approximate surface area is 118 Å². The molecule has 1 aliphatic carbocycles. The highest BCUT2D eigenvalue weighted by molar-refractivity contribution is 4.82. The van der Waals surface area contributed by atoms with E-state index in [1.807, 2.05) is 0 Å². The van der Waals surface area contributed by atoms with Crippen molar-refractivity contribution in [3.05, 3.63) is 0 Å². The third-order valence-electron chi connectivity index (χ3n) is 5.08. The second kappa shape index (κ2) is 7.05. The quantitative estimate of drug-likeness (QED) is 0.833. The maximum atomic E-state index is 10.2. The molecule has 1 saturated carbocycles. The SMILES string of the molecule is C[C@@H]1CCC[C@@H]1OC[C@H](O)CN1[C@@H](C)CCC[C@@H]1C. The standard InChI is InChI=1S/C16H31NO2/c1-12-6-4-9-16(12)19-11-15(18)10-17-13(2)7-5-8-14(17)3/h12-16,18H,4-11H2,1-3H3/t12-,13+,14+,15-,16+/m1/s1. The predicted molar refractivity (Wildman–Crippen MR) is 78.2 cm³/mol. The van der Waals surface area contributed by atoms with Crippen LogP contribution in [0.2, 0.25) is 0 Å². The monoisotopic (exact) mass is 269 g/mol. The van der Waals surface area contributed by atoms with E-state index < -0.39 is 0 Å². The molecule has 1 saturated heterocycles. The fourth-order valence-corrected chi connectivity index (χ4v) is 3.72. The fraction of sp³-hybridized carbons (Fsp3) is 1.00. The number of aliphatic hydroxyl groups is 1. The van der Waals surface area contributed by atoms with Gasteiger partial charge in [0.05, 0.1) is 18.8 Å². The molecule has 0 amide bonds. The summed E-state index contributed by atoms with van der Waals surface area (Å²) in [6.45, 7) is 8.10. The Kier molecular flexibility index (Phi) is 5.67. The number of hydrogen-bond acceptors (Lipinski definition) is 3. The van der Waals surface area contributed by atoms with Gasteiger partial charge in [-0.1, -0.05) is 19.8 Å². The number of β-amino-alcohol motifs (C(OH)–C–C–N with tert-alkyl or cyclic N) is 1. The van der Waals surface area contributed by atoms with Crippen molar-refractivity contribution in [2.24, 2.45) is 5.92 Å². The Balaban J connectivity index is 1.72. The number of rotatable bonds is 5. The van der Waals surface area contributed by atoms with Crippen molar-refractivity contribution >= 4 is 0 Å². The van der Waals surface area contributed by atoms with Crippen LogP contribution in [0.3, 0.4) is 0 Å². The molecule has 0 unspecified atom stereocenters. The van der Waals surface area contributed by atoms with Crippen molar-refractivity contribution < 1.29 is 9.84 Å². The molecule has 0 aromatic rings. The maximum absolute atomic E-state index is 10.2. The molecular weight excluding hydrogens is 238 g/mol. The zero-order valence-corrected chi connectivity index (χ0v) is 12.8. The van der Waals surface area contributed by atoms with E-state index in [0.29, 0.717) is 30.7 Å². The molecule has 0 spiro atoms. The maximum Gasteiger partial charge on any atom is 0.0900 e. The van der Waals surface area contributed by atoms with Gasteiger partial charge in [-0.05, 0) is 45.4 Å². The van der Waals surface area contributed by atoms with Gasteiger partial charge in [0, 0.05) is 18.6 Å². The molecule has 19 heavy (non-hydrogen) atoms. The summed E-state index contributed by atoms with van der Waals surface area (Å²) in [5.41, 5.74) is 0. The average Bonchev–Trinajstić information content (AvgIpc) is 2.77. The van der Waals surface area contributed by atoms with Crippen LogP contribution in [0.15, 0.2) is 0 Å². The van der Waals surface area contributed by atoms with Gasteiger partial charge in [-0.2, -0.15) is 0 Å². The van der Waals surface area contributed by atoms with Crippen LogP contribution in [0, 0.1) is 5.92 Å². The van der Waals surface area contributed by atoms with Gasteiger partial charge in [0.15, 0.2) is 0 Å². The summed E-state index contributed by atoms with van der Waals surface area (Å²) in [6, 6.07) is 1.20. The van der Waals surface area contributed by atoms with Gasteiger partial charge < -0.3 is 9.84 Å². The Bertz CT molecular complexity index is 261. The molecule has 2 rings (SSSR count). The fourth-order valence-electron chi connectivity index (χ4n) is 3.72. The van der Waals surface area contributed by atoms with Crippen LogP contribution in [0.1, 0.15) is 59.3 Å². The highest BCUT2D eigenvalue weighted by Crippen LogP contribution is 2.28. The van der Waals surface area contributed by atoms with E-state index in [4.69, 9.17) is 4.74 Å². The van der Waals surface area contributed by atoms with Gasteiger partial charge in [0.1, 0.15) is 0 Å². The lowest BCUT2D eigenvalue weighted by molar-refractivity contribution is -0.0439. The van der Waals surface area contributed by atoms with Crippen LogP contribution in [-0.4, -0.2) is 47.4 Å². The Morgan fingerprint density at radius 2 is 1.68 bits per heavy atom. The zero-order valence-electron chi connectivity index (χ0n) is 12.8. The number of aliphatic hydroxyl groups excluding tert-OH is 1. The van der Waals surface area contributed by atoms with E-state index in [0.717, 1.165) is 6.54 Å². The summed E-state index contributed by atoms with van der Waals surface area (Å²) < 4.78 is 5.91. The molecule has 3 nitrogen and oxygen atoms in total. The van der Waals surface area contributed by atoms with Crippen molar-refractivity contribution in [3.8, 4) is 0 Å². The first-order chi connectivity index (χ1) is 9.08. The van der Waals surface area contributed by atoms with Crippen molar-refractivity contribution in [1.82, 2.24) is 4.90 Å². The molecule has 0 aromatic heterocycles.